The molecule has 0 atom stereocenters. The van der Waals surface area contributed by atoms with Crippen LogP contribution in [0.1, 0.15) is 46.1 Å². The SMILES string of the molecule is CC(C)c1c(C#N)c(N)nc2sc(C(=O)c3ccc(F)cc3)c(N)c12. The largest absolute Gasteiger partial charge is 0.397 e. The second-order valence-electron chi connectivity index (χ2n) is 5.91. The van der Waals surface area contributed by atoms with Crippen molar-refractivity contribution in [3.63, 3.8) is 0 Å². The number of carbonyl (C=O) groups is 1. The smallest absolute Gasteiger partial charge is 0.205 e. The molecule has 0 spiro atoms. The molecule has 3 rings (SSSR count). The average Bonchev–Trinajstić information content (AvgIpc) is 2.89. The van der Waals surface area contributed by atoms with Gasteiger partial charge in [0.05, 0.1) is 11.3 Å². The monoisotopic (exact) mass is 354 g/mol. The van der Waals surface area contributed by atoms with Gasteiger partial charge in [-0.1, -0.05) is 13.8 Å². The predicted octanol–water partition coefficient (Wildman–Crippen LogP) is 3.83. The second kappa shape index (κ2) is 6.15. The molecule has 0 amide bonds. The van der Waals surface area contributed by atoms with Crippen LogP contribution in [-0.2, 0) is 0 Å². The van der Waals surface area contributed by atoms with E-state index in [9.17, 15) is 14.4 Å². The minimum atomic E-state index is -0.420. The number of carbonyl (C=O) groups excluding carboxylic acids is 1. The number of nitrogens with zero attached hydrogens (tertiary/aromatic N) is 2. The zero-order valence-electron chi connectivity index (χ0n) is 13.6. The maximum Gasteiger partial charge on any atom is 0.205 e. The number of nitriles is 1. The molecule has 25 heavy (non-hydrogen) atoms. The Labute approximate surface area is 147 Å². The summed E-state index contributed by atoms with van der Waals surface area (Å²) in [7, 11) is 0. The lowest BCUT2D eigenvalue weighted by Gasteiger charge is -2.12. The Hall–Kier alpha value is -2.98. The van der Waals surface area contributed by atoms with Gasteiger partial charge in [-0.3, -0.25) is 4.79 Å². The molecule has 0 aliphatic heterocycles. The van der Waals surface area contributed by atoms with E-state index < -0.39 is 5.82 Å². The van der Waals surface area contributed by atoms with Crippen LogP contribution in [0.25, 0.3) is 10.2 Å². The molecule has 0 bridgehead atoms. The van der Waals surface area contributed by atoms with E-state index in [1.807, 2.05) is 13.8 Å². The highest BCUT2D eigenvalue weighted by atomic mass is 32.1. The van der Waals surface area contributed by atoms with E-state index in [1.54, 1.807) is 0 Å². The van der Waals surface area contributed by atoms with E-state index in [2.05, 4.69) is 11.1 Å². The molecule has 2 heterocycles. The number of nitrogen functional groups attached to an aromatic ring is 2. The van der Waals surface area contributed by atoms with Crippen LogP contribution in [0.3, 0.4) is 0 Å². The van der Waals surface area contributed by atoms with Crippen molar-refractivity contribution in [1.82, 2.24) is 4.98 Å². The Kier molecular flexibility index (Phi) is 4.15. The summed E-state index contributed by atoms with van der Waals surface area (Å²) < 4.78 is 13.1. The molecule has 0 fully saturated rings. The third-order valence-corrected chi connectivity index (χ3v) is 5.04. The highest BCUT2D eigenvalue weighted by Crippen LogP contribution is 2.41. The number of pyridine rings is 1. The van der Waals surface area contributed by atoms with Crippen LogP contribution in [0.2, 0.25) is 0 Å². The van der Waals surface area contributed by atoms with Crippen molar-refractivity contribution < 1.29 is 9.18 Å². The van der Waals surface area contributed by atoms with Gasteiger partial charge >= 0.3 is 0 Å². The zero-order chi connectivity index (χ0) is 18.3. The van der Waals surface area contributed by atoms with Crippen molar-refractivity contribution in [2.45, 2.75) is 19.8 Å². The summed E-state index contributed by atoms with van der Waals surface area (Å²) in [6, 6.07) is 7.34. The minimum absolute atomic E-state index is 0.0203. The summed E-state index contributed by atoms with van der Waals surface area (Å²) >= 11 is 1.13. The fourth-order valence-electron chi connectivity index (χ4n) is 2.79. The summed E-state index contributed by atoms with van der Waals surface area (Å²) in [4.78, 5) is 17.8. The van der Waals surface area contributed by atoms with E-state index in [1.165, 1.54) is 24.3 Å². The van der Waals surface area contributed by atoms with Gasteiger partial charge in [0.25, 0.3) is 0 Å². The first kappa shape index (κ1) is 16.9. The lowest BCUT2D eigenvalue weighted by molar-refractivity contribution is 0.104. The molecule has 5 nitrogen and oxygen atoms in total. The fraction of sp³-hybridized carbons (Fsp3) is 0.167. The quantitative estimate of drug-likeness (QED) is 0.695. The molecule has 126 valence electrons. The van der Waals surface area contributed by atoms with Crippen molar-refractivity contribution in [2.24, 2.45) is 0 Å². The van der Waals surface area contributed by atoms with Crippen LogP contribution in [0.5, 0.6) is 0 Å². The lowest BCUT2D eigenvalue weighted by Crippen LogP contribution is -2.04. The first-order valence-corrected chi connectivity index (χ1v) is 8.38. The number of fused-ring (bicyclic) bond motifs is 1. The molecule has 0 saturated heterocycles. The number of nitrogens with two attached hydrogens (primary N) is 2. The number of halogens is 1. The molecule has 0 saturated carbocycles. The van der Waals surface area contributed by atoms with Crippen LogP contribution in [0.15, 0.2) is 24.3 Å². The van der Waals surface area contributed by atoms with Crippen molar-refractivity contribution >= 4 is 38.8 Å². The highest BCUT2D eigenvalue weighted by Gasteiger charge is 2.25. The average molecular weight is 354 g/mol. The molecule has 0 aliphatic rings. The number of aromatic nitrogens is 1. The fourth-order valence-corrected chi connectivity index (χ4v) is 3.88. The number of hydrogen-bond donors (Lipinski definition) is 2. The molecule has 7 heteroatoms. The topological polar surface area (TPSA) is 106 Å². The van der Waals surface area contributed by atoms with Crippen LogP contribution in [0.4, 0.5) is 15.9 Å². The minimum Gasteiger partial charge on any atom is -0.397 e. The molecule has 0 aliphatic carbocycles. The van der Waals surface area contributed by atoms with Gasteiger partial charge in [-0.2, -0.15) is 5.26 Å². The van der Waals surface area contributed by atoms with Crippen LogP contribution in [0, 0.1) is 17.1 Å². The Morgan fingerprint density at radius 1 is 1.28 bits per heavy atom. The second-order valence-corrected chi connectivity index (χ2v) is 6.91. The van der Waals surface area contributed by atoms with E-state index in [-0.39, 0.29) is 28.8 Å². The van der Waals surface area contributed by atoms with Crippen molar-refractivity contribution in [2.75, 3.05) is 11.5 Å². The zero-order valence-corrected chi connectivity index (χ0v) is 14.4. The Balaban J connectivity index is 2.27. The third kappa shape index (κ3) is 2.71. The standard InChI is InChI=1S/C18H15FN4OS/c1-8(2)12-11(7-20)17(22)23-18-13(12)14(21)16(25-18)15(24)9-3-5-10(19)6-4-9/h3-6,8H,21H2,1-2H3,(H2,22,23). The van der Waals surface area contributed by atoms with Crippen molar-refractivity contribution in [3.05, 3.63) is 51.7 Å². The van der Waals surface area contributed by atoms with Crippen molar-refractivity contribution in [1.29, 1.82) is 5.26 Å². The maximum absolute atomic E-state index is 13.1. The number of benzene rings is 1. The Morgan fingerprint density at radius 2 is 1.92 bits per heavy atom. The van der Waals surface area contributed by atoms with Gasteiger partial charge in [0.2, 0.25) is 5.78 Å². The number of anilines is 2. The summed E-state index contributed by atoms with van der Waals surface area (Å²) in [5, 5.41) is 10.0. The van der Waals surface area contributed by atoms with Gasteiger partial charge in [0, 0.05) is 10.9 Å². The number of thiophene rings is 1. The molecular formula is C18H15FN4OS. The van der Waals surface area contributed by atoms with Crippen LogP contribution >= 0.6 is 11.3 Å². The van der Waals surface area contributed by atoms with Gasteiger partial charge in [-0.25, -0.2) is 9.37 Å². The summed E-state index contributed by atoms with van der Waals surface area (Å²) in [6.07, 6.45) is 0. The van der Waals surface area contributed by atoms with E-state index in [0.717, 1.165) is 11.3 Å². The first-order valence-electron chi connectivity index (χ1n) is 7.56. The molecule has 1 aromatic carbocycles. The molecular weight excluding hydrogens is 339 g/mol. The van der Waals surface area contributed by atoms with Gasteiger partial charge in [0.15, 0.2) is 0 Å². The van der Waals surface area contributed by atoms with Gasteiger partial charge in [-0.15, -0.1) is 11.3 Å². The van der Waals surface area contributed by atoms with E-state index >= 15 is 0 Å². The first-order chi connectivity index (χ1) is 11.8. The van der Waals surface area contributed by atoms with Crippen LogP contribution < -0.4 is 11.5 Å². The third-order valence-electron chi connectivity index (χ3n) is 3.95. The van der Waals surface area contributed by atoms with Crippen LogP contribution in [-0.4, -0.2) is 10.8 Å². The highest BCUT2D eigenvalue weighted by molar-refractivity contribution is 7.21. The lowest BCUT2D eigenvalue weighted by atomic mass is 9.94. The number of rotatable bonds is 3. The Morgan fingerprint density at radius 3 is 2.48 bits per heavy atom. The van der Waals surface area contributed by atoms with Crippen molar-refractivity contribution in [3.8, 4) is 6.07 Å². The van der Waals surface area contributed by atoms with Gasteiger partial charge in [-0.05, 0) is 35.7 Å². The molecule has 0 radical (unpaired) electrons. The summed E-state index contributed by atoms with van der Waals surface area (Å²) in [6.45, 7) is 3.85. The summed E-state index contributed by atoms with van der Waals surface area (Å²) in [5.74, 6) is -0.628. The predicted molar refractivity (Wildman–Crippen MR) is 97.1 cm³/mol. The normalized spacial score (nSPS) is 11.0. The maximum atomic E-state index is 13.1. The van der Waals surface area contributed by atoms with Gasteiger partial charge < -0.3 is 11.5 Å². The van der Waals surface area contributed by atoms with Gasteiger partial charge in [0.1, 0.15) is 27.4 Å². The number of ketones is 1. The molecule has 3 aromatic rings. The molecule has 2 aromatic heterocycles. The van der Waals surface area contributed by atoms with E-state index in [4.69, 9.17) is 11.5 Å². The summed E-state index contributed by atoms with van der Waals surface area (Å²) in [5.41, 5.74) is 13.7. The van der Waals surface area contributed by atoms with E-state index in [0.29, 0.717) is 26.2 Å². The number of hydrogen-bond acceptors (Lipinski definition) is 6. The Bertz CT molecular complexity index is 1030. The molecule has 4 N–H and O–H groups in total. The molecule has 0 unspecified atom stereocenters.